The number of hydrogen-bond acceptors (Lipinski definition) is 2. The monoisotopic (exact) mass is 292 g/mol. The van der Waals surface area contributed by atoms with E-state index in [0.717, 1.165) is 12.1 Å². The van der Waals surface area contributed by atoms with Crippen LogP contribution in [-0.4, -0.2) is 9.97 Å². The highest BCUT2D eigenvalue weighted by Gasteiger charge is 2.32. The average Bonchev–Trinajstić information content (AvgIpc) is 2.25. The lowest BCUT2D eigenvalue weighted by Crippen LogP contribution is -2.19. The number of aromatic nitrogens is 2. The summed E-state index contributed by atoms with van der Waals surface area (Å²) in [5.74, 6) is -0.738. The van der Waals surface area contributed by atoms with Gasteiger partial charge in [-0.2, -0.15) is 18.2 Å². The summed E-state index contributed by atoms with van der Waals surface area (Å²) in [6.07, 6.45) is -4.73. The first-order chi connectivity index (χ1) is 8.75. The fraction of sp³-hybridized carbons (Fsp3) is 0.0909. The quantitative estimate of drug-likeness (QED) is 0.820. The Bertz CT molecular complexity index is 661. The van der Waals surface area contributed by atoms with E-state index in [1.807, 2.05) is 0 Å². The highest BCUT2D eigenvalue weighted by atomic mass is 35.5. The average molecular weight is 293 g/mol. The molecular formula is C11H5ClF4N2O. The summed E-state index contributed by atoms with van der Waals surface area (Å²) in [6, 6.07) is 3.76. The molecule has 0 radical (unpaired) electrons. The van der Waals surface area contributed by atoms with E-state index in [1.54, 1.807) is 4.98 Å². The van der Waals surface area contributed by atoms with E-state index in [-0.39, 0.29) is 16.3 Å². The third kappa shape index (κ3) is 3.11. The molecule has 1 aromatic heterocycles. The van der Waals surface area contributed by atoms with Crippen molar-refractivity contribution < 1.29 is 17.6 Å². The first kappa shape index (κ1) is 13.5. The highest BCUT2D eigenvalue weighted by molar-refractivity contribution is 6.30. The lowest BCUT2D eigenvalue weighted by atomic mass is 10.1. The molecule has 100 valence electrons. The maximum Gasteiger partial charge on any atom is 0.431 e. The minimum atomic E-state index is -4.73. The van der Waals surface area contributed by atoms with Gasteiger partial charge in [-0.25, -0.2) is 9.18 Å². The van der Waals surface area contributed by atoms with E-state index >= 15 is 0 Å². The summed E-state index contributed by atoms with van der Waals surface area (Å²) < 4.78 is 50.7. The minimum Gasteiger partial charge on any atom is -0.302 e. The van der Waals surface area contributed by atoms with Crippen LogP contribution in [-0.2, 0) is 6.18 Å². The van der Waals surface area contributed by atoms with Crippen molar-refractivity contribution in [2.75, 3.05) is 0 Å². The van der Waals surface area contributed by atoms with Gasteiger partial charge in [0.15, 0.2) is 0 Å². The third-order valence-electron chi connectivity index (χ3n) is 2.21. The number of hydrogen-bond donors (Lipinski definition) is 1. The summed E-state index contributed by atoms with van der Waals surface area (Å²) in [6.45, 7) is 0. The number of alkyl halides is 3. The largest absolute Gasteiger partial charge is 0.431 e. The second-order valence-electron chi connectivity index (χ2n) is 3.64. The molecule has 0 amide bonds. The van der Waals surface area contributed by atoms with E-state index in [9.17, 15) is 22.4 Å². The fourth-order valence-electron chi connectivity index (χ4n) is 1.46. The zero-order valence-corrected chi connectivity index (χ0v) is 9.81. The van der Waals surface area contributed by atoms with Gasteiger partial charge in [0.2, 0.25) is 0 Å². The van der Waals surface area contributed by atoms with Gasteiger partial charge in [-0.3, -0.25) is 0 Å². The van der Waals surface area contributed by atoms with Gasteiger partial charge in [-0.05, 0) is 24.3 Å². The van der Waals surface area contributed by atoms with Crippen LogP contribution >= 0.6 is 11.6 Å². The standard InChI is InChI=1S/C11H5ClF4N2O/c12-6-1-5(2-7(13)3-6)8-4-9(11(14,15)16)18-10(19)17-8/h1-4H,(H,17,18,19). The first-order valence-electron chi connectivity index (χ1n) is 4.91. The summed E-state index contributed by atoms with van der Waals surface area (Å²) >= 11 is 5.59. The lowest BCUT2D eigenvalue weighted by Gasteiger charge is -2.08. The number of aromatic amines is 1. The molecule has 1 aromatic carbocycles. The smallest absolute Gasteiger partial charge is 0.302 e. The third-order valence-corrected chi connectivity index (χ3v) is 2.43. The second kappa shape index (κ2) is 4.65. The van der Waals surface area contributed by atoms with Crippen molar-refractivity contribution in [2.45, 2.75) is 6.18 Å². The summed E-state index contributed by atoms with van der Waals surface area (Å²) in [5.41, 5.74) is -2.76. The van der Waals surface area contributed by atoms with Gasteiger partial charge < -0.3 is 4.98 Å². The lowest BCUT2D eigenvalue weighted by molar-refractivity contribution is -0.141. The molecular weight excluding hydrogens is 288 g/mol. The van der Waals surface area contributed by atoms with Crippen LogP contribution in [0, 0.1) is 5.82 Å². The van der Waals surface area contributed by atoms with Crippen LogP contribution in [0.15, 0.2) is 29.1 Å². The minimum absolute atomic E-state index is 0.00867. The normalized spacial score (nSPS) is 11.6. The number of benzene rings is 1. The van der Waals surface area contributed by atoms with Crippen molar-refractivity contribution in [1.82, 2.24) is 9.97 Å². The SMILES string of the molecule is O=c1nc(-c2cc(F)cc(Cl)c2)cc(C(F)(F)F)[nH]1. The van der Waals surface area contributed by atoms with Crippen LogP contribution in [0.2, 0.25) is 5.02 Å². The molecule has 0 unspecified atom stereocenters. The number of halogens is 5. The Morgan fingerprint density at radius 2 is 1.84 bits per heavy atom. The second-order valence-corrected chi connectivity index (χ2v) is 4.08. The predicted molar refractivity (Wildman–Crippen MR) is 60.3 cm³/mol. The molecule has 2 aromatic rings. The first-order valence-corrected chi connectivity index (χ1v) is 5.28. The van der Waals surface area contributed by atoms with Gasteiger partial charge in [-0.1, -0.05) is 11.6 Å². The maximum atomic E-state index is 13.1. The molecule has 0 atom stereocenters. The van der Waals surface area contributed by atoms with Crippen molar-refractivity contribution in [3.8, 4) is 11.3 Å². The van der Waals surface area contributed by atoms with Crippen molar-refractivity contribution in [2.24, 2.45) is 0 Å². The Kier molecular flexibility index (Phi) is 3.32. The summed E-state index contributed by atoms with van der Waals surface area (Å²) in [5, 5.41) is -0.00867. The molecule has 0 fully saturated rings. The molecule has 3 nitrogen and oxygen atoms in total. The van der Waals surface area contributed by atoms with Gasteiger partial charge in [0, 0.05) is 10.6 Å². The van der Waals surface area contributed by atoms with Crippen LogP contribution < -0.4 is 5.69 Å². The number of nitrogens with one attached hydrogen (secondary N) is 1. The topological polar surface area (TPSA) is 45.8 Å². The fourth-order valence-corrected chi connectivity index (χ4v) is 1.68. The molecule has 0 aliphatic rings. The Labute approximate surface area is 108 Å². The molecule has 8 heteroatoms. The van der Waals surface area contributed by atoms with Crippen LogP contribution in [0.3, 0.4) is 0 Å². The molecule has 0 aliphatic heterocycles. The van der Waals surface area contributed by atoms with Crippen molar-refractivity contribution in [3.63, 3.8) is 0 Å². The zero-order valence-electron chi connectivity index (χ0n) is 9.05. The zero-order chi connectivity index (χ0) is 14.2. The molecule has 1 heterocycles. The maximum absolute atomic E-state index is 13.1. The van der Waals surface area contributed by atoms with Crippen molar-refractivity contribution in [3.05, 3.63) is 51.3 Å². The molecule has 19 heavy (non-hydrogen) atoms. The van der Waals surface area contributed by atoms with Crippen LogP contribution in [0.4, 0.5) is 17.6 Å². The molecule has 0 aliphatic carbocycles. The molecule has 1 N–H and O–H groups in total. The van der Waals surface area contributed by atoms with Crippen molar-refractivity contribution in [1.29, 1.82) is 0 Å². The number of H-pyrrole nitrogens is 1. The summed E-state index contributed by atoms with van der Waals surface area (Å²) in [7, 11) is 0. The number of nitrogens with zero attached hydrogens (tertiary/aromatic N) is 1. The van der Waals surface area contributed by atoms with E-state index in [4.69, 9.17) is 11.6 Å². The van der Waals surface area contributed by atoms with Crippen molar-refractivity contribution >= 4 is 11.6 Å². The van der Waals surface area contributed by atoms with E-state index in [1.165, 1.54) is 6.07 Å². The molecule has 0 saturated heterocycles. The molecule has 2 rings (SSSR count). The number of rotatable bonds is 1. The summed E-state index contributed by atoms with van der Waals surface area (Å²) in [4.78, 5) is 16.0. The Balaban J connectivity index is 2.63. The van der Waals surface area contributed by atoms with Gasteiger partial charge in [0.25, 0.3) is 0 Å². The predicted octanol–water partition coefficient (Wildman–Crippen LogP) is 3.25. The Morgan fingerprint density at radius 3 is 2.42 bits per heavy atom. The molecule has 0 saturated carbocycles. The van der Waals surface area contributed by atoms with Gasteiger partial charge in [0.1, 0.15) is 11.5 Å². The van der Waals surface area contributed by atoms with E-state index in [0.29, 0.717) is 6.07 Å². The Morgan fingerprint density at radius 1 is 1.16 bits per heavy atom. The van der Waals surface area contributed by atoms with Crippen LogP contribution in [0.5, 0.6) is 0 Å². The van der Waals surface area contributed by atoms with Crippen LogP contribution in [0.1, 0.15) is 5.69 Å². The molecule has 0 bridgehead atoms. The van der Waals surface area contributed by atoms with Gasteiger partial charge in [0.05, 0.1) is 5.69 Å². The highest BCUT2D eigenvalue weighted by Crippen LogP contribution is 2.29. The van der Waals surface area contributed by atoms with E-state index < -0.39 is 23.4 Å². The Hall–Kier alpha value is -1.89. The molecule has 0 spiro atoms. The van der Waals surface area contributed by atoms with Crippen LogP contribution in [0.25, 0.3) is 11.3 Å². The van der Waals surface area contributed by atoms with Gasteiger partial charge in [-0.15, -0.1) is 0 Å². The van der Waals surface area contributed by atoms with E-state index in [2.05, 4.69) is 4.98 Å². The van der Waals surface area contributed by atoms with Gasteiger partial charge >= 0.3 is 11.9 Å².